The van der Waals surface area contributed by atoms with Crippen LogP contribution in [0.15, 0.2) is 30.5 Å². The van der Waals surface area contributed by atoms with E-state index in [2.05, 4.69) is 5.10 Å². The van der Waals surface area contributed by atoms with Crippen LogP contribution < -0.4 is 0 Å². The van der Waals surface area contributed by atoms with Crippen LogP contribution in [0.4, 0.5) is 5.69 Å². The van der Waals surface area contributed by atoms with Crippen molar-refractivity contribution >= 4 is 11.7 Å². The molecule has 0 saturated heterocycles. The van der Waals surface area contributed by atoms with E-state index >= 15 is 0 Å². The number of aliphatic hydroxyl groups excluding tert-OH is 1. The summed E-state index contributed by atoms with van der Waals surface area (Å²) in [6.45, 7) is -0.0545. The quantitative estimate of drug-likeness (QED) is 0.613. The summed E-state index contributed by atoms with van der Waals surface area (Å²) in [7, 11) is 0. The van der Waals surface area contributed by atoms with Gasteiger partial charge in [0.05, 0.1) is 10.6 Å². The number of hydrogen-bond acceptors (Lipinski definition) is 5. The molecule has 0 atom stereocenters. The van der Waals surface area contributed by atoms with Gasteiger partial charge in [-0.15, -0.1) is 0 Å². The largest absolute Gasteiger partial charge is 0.476 e. The fourth-order valence-electron chi connectivity index (χ4n) is 1.92. The molecule has 2 rings (SSSR count). The smallest absolute Gasteiger partial charge is 0.356 e. The van der Waals surface area contributed by atoms with E-state index in [-0.39, 0.29) is 18.0 Å². The predicted octanol–water partition coefficient (Wildman–Crippen LogP) is 1.40. The highest BCUT2D eigenvalue weighted by Crippen LogP contribution is 2.19. The van der Waals surface area contributed by atoms with E-state index in [0.29, 0.717) is 24.1 Å². The fourth-order valence-corrected chi connectivity index (χ4v) is 1.92. The van der Waals surface area contributed by atoms with Crippen molar-refractivity contribution in [3.63, 3.8) is 0 Å². The average molecular weight is 291 g/mol. The number of rotatable bonds is 6. The monoisotopic (exact) mass is 291 g/mol. The lowest BCUT2D eigenvalue weighted by atomic mass is 10.1. The Hall–Kier alpha value is -2.74. The second kappa shape index (κ2) is 6.14. The van der Waals surface area contributed by atoms with Gasteiger partial charge >= 0.3 is 5.97 Å². The number of aliphatic hydroxyl groups is 1. The molecule has 1 aromatic heterocycles. The number of nitro benzene ring substituents is 1. The van der Waals surface area contributed by atoms with Gasteiger partial charge in [0.2, 0.25) is 0 Å². The maximum absolute atomic E-state index is 11.2. The summed E-state index contributed by atoms with van der Waals surface area (Å²) in [6, 6.07) is 5.76. The standard InChI is InChI=1S/C13H13N3O5/c17-6-2-3-9-8-15(14-12(9)13(18)19)10-4-1-5-11(7-10)16(20)21/h1,4-5,7-8,17H,2-3,6H2,(H,18,19). The van der Waals surface area contributed by atoms with Crippen molar-refractivity contribution in [3.05, 3.63) is 51.8 Å². The fraction of sp³-hybridized carbons (Fsp3) is 0.231. The zero-order chi connectivity index (χ0) is 15.4. The van der Waals surface area contributed by atoms with Crippen molar-refractivity contribution in [1.82, 2.24) is 9.78 Å². The SMILES string of the molecule is O=C(O)c1nn(-c2cccc([N+](=O)[O-])c2)cc1CCCO. The molecule has 0 radical (unpaired) electrons. The van der Waals surface area contributed by atoms with E-state index in [1.165, 1.54) is 29.1 Å². The normalized spacial score (nSPS) is 10.5. The molecule has 0 saturated carbocycles. The molecule has 1 heterocycles. The van der Waals surface area contributed by atoms with Gasteiger partial charge in [0.25, 0.3) is 5.69 Å². The molecule has 1 aromatic carbocycles. The minimum Gasteiger partial charge on any atom is -0.476 e. The summed E-state index contributed by atoms with van der Waals surface area (Å²) < 4.78 is 1.29. The summed E-state index contributed by atoms with van der Waals surface area (Å²) in [5, 5.41) is 32.7. The van der Waals surface area contributed by atoms with Crippen molar-refractivity contribution in [2.75, 3.05) is 6.61 Å². The Morgan fingerprint density at radius 1 is 1.43 bits per heavy atom. The third-order valence-electron chi connectivity index (χ3n) is 2.90. The number of nitrogens with zero attached hydrogens (tertiary/aromatic N) is 3. The molecule has 0 fully saturated rings. The maximum atomic E-state index is 11.2. The zero-order valence-electron chi connectivity index (χ0n) is 11.0. The van der Waals surface area contributed by atoms with E-state index in [9.17, 15) is 14.9 Å². The van der Waals surface area contributed by atoms with E-state index in [1.807, 2.05) is 0 Å². The van der Waals surface area contributed by atoms with Crippen LogP contribution in [0, 0.1) is 10.1 Å². The molecule has 2 aromatic rings. The lowest BCUT2D eigenvalue weighted by Gasteiger charge is -2.00. The molecule has 8 heteroatoms. The van der Waals surface area contributed by atoms with Gasteiger partial charge in [-0.05, 0) is 18.9 Å². The Kier molecular flexibility index (Phi) is 4.29. The number of hydrogen-bond donors (Lipinski definition) is 2. The van der Waals surface area contributed by atoms with Crippen LogP contribution in [-0.2, 0) is 6.42 Å². The Balaban J connectivity index is 2.42. The van der Waals surface area contributed by atoms with Crippen LogP contribution in [0.3, 0.4) is 0 Å². The van der Waals surface area contributed by atoms with Gasteiger partial charge in [0, 0.05) is 30.5 Å². The number of carbonyl (C=O) groups is 1. The van der Waals surface area contributed by atoms with Gasteiger partial charge in [0.15, 0.2) is 5.69 Å². The van der Waals surface area contributed by atoms with Gasteiger partial charge in [-0.1, -0.05) is 6.07 Å². The third kappa shape index (κ3) is 3.23. The lowest BCUT2D eigenvalue weighted by Crippen LogP contribution is -2.03. The number of aromatic carboxylic acids is 1. The molecule has 0 amide bonds. The average Bonchev–Trinajstić information content (AvgIpc) is 2.89. The number of aromatic nitrogens is 2. The molecule has 8 nitrogen and oxygen atoms in total. The third-order valence-corrected chi connectivity index (χ3v) is 2.90. The van der Waals surface area contributed by atoms with Gasteiger partial charge in [-0.3, -0.25) is 10.1 Å². The van der Waals surface area contributed by atoms with E-state index in [0.717, 1.165) is 0 Å². The second-order valence-electron chi connectivity index (χ2n) is 4.36. The highest BCUT2D eigenvalue weighted by molar-refractivity contribution is 5.87. The summed E-state index contributed by atoms with van der Waals surface area (Å²) in [5.41, 5.74) is 0.664. The first-order chi connectivity index (χ1) is 10.0. The van der Waals surface area contributed by atoms with Crippen molar-refractivity contribution in [2.24, 2.45) is 0 Å². The topological polar surface area (TPSA) is 118 Å². The molecule has 21 heavy (non-hydrogen) atoms. The van der Waals surface area contributed by atoms with Crippen molar-refractivity contribution in [2.45, 2.75) is 12.8 Å². The Morgan fingerprint density at radius 3 is 2.81 bits per heavy atom. The molecule has 0 aliphatic carbocycles. The van der Waals surface area contributed by atoms with Gasteiger partial charge < -0.3 is 10.2 Å². The number of carboxylic acids is 1. The van der Waals surface area contributed by atoms with Gasteiger partial charge in [0.1, 0.15) is 0 Å². The first kappa shape index (κ1) is 14.7. The number of benzene rings is 1. The Bertz CT molecular complexity index is 680. The number of carboxylic acid groups (broad SMARTS) is 1. The minimum absolute atomic E-state index is 0.0545. The maximum Gasteiger partial charge on any atom is 0.356 e. The highest BCUT2D eigenvalue weighted by Gasteiger charge is 2.17. The first-order valence-corrected chi connectivity index (χ1v) is 6.20. The number of non-ortho nitro benzene ring substituents is 1. The molecule has 110 valence electrons. The lowest BCUT2D eigenvalue weighted by molar-refractivity contribution is -0.384. The summed E-state index contributed by atoms with van der Waals surface area (Å²) in [5.74, 6) is -1.17. The molecule has 0 spiro atoms. The zero-order valence-corrected chi connectivity index (χ0v) is 11.0. The van der Waals surface area contributed by atoms with Crippen LogP contribution in [0.1, 0.15) is 22.5 Å². The number of aryl methyl sites for hydroxylation is 1. The molecular weight excluding hydrogens is 278 g/mol. The van der Waals surface area contributed by atoms with Crippen LogP contribution >= 0.6 is 0 Å². The predicted molar refractivity (Wildman–Crippen MR) is 72.6 cm³/mol. The van der Waals surface area contributed by atoms with E-state index in [4.69, 9.17) is 10.2 Å². The van der Waals surface area contributed by atoms with Gasteiger partial charge in [-0.25, -0.2) is 9.48 Å². The Labute approximate surface area is 119 Å². The molecular formula is C13H13N3O5. The Morgan fingerprint density at radius 2 is 2.19 bits per heavy atom. The second-order valence-corrected chi connectivity index (χ2v) is 4.36. The molecule has 0 unspecified atom stereocenters. The summed E-state index contributed by atoms with van der Waals surface area (Å²) in [6.07, 6.45) is 2.30. The van der Waals surface area contributed by atoms with E-state index < -0.39 is 10.9 Å². The van der Waals surface area contributed by atoms with Gasteiger partial charge in [-0.2, -0.15) is 5.10 Å². The van der Waals surface area contributed by atoms with Crippen LogP contribution in [0.25, 0.3) is 5.69 Å². The highest BCUT2D eigenvalue weighted by atomic mass is 16.6. The van der Waals surface area contributed by atoms with Crippen molar-refractivity contribution < 1.29 is 19.9 Å². The van der Waals surface area contributed by atoms with E-state index in [1.54, 1.807) is 6.07 Å². The molecule has 0 aliphatic rings. The van der Waals surface area contributed by atoms with Crippen molar-refractivity contribution in [1.29, 1.82) is 0 Å². The molecule has 0 aliphatic heterocycles. The van der Waals surface area contributed by atoms with Crippen molar-refractivity contribution in [3.8, 4) is 5.69 Å². The summed E-state index contributed by atoms with van der Waals surface area (Å²) >= 11 is 0. The number of nitro groups is 1. The molecule has 0 bridgehead atoms. The minimum atomic E-state index is -1.17. The van der Waals surface area contributed by atoms with Crippen LogP contribution in [0.5, 0.6) is 0 Å². The summed E-state index contributed by atoms with van der Waals surface area (Å²) in [4.78, 5) is 21.4. The molecule has 2 N–H and O–H groups in total. The van der Waals surface area contributed by atoms with Crippen LogP contribution in [0.2, 0.25) is 0 Å². The first-order valence-electron chi connectivity index (χ1n) is 6.20. The van der Waals surface area contributed by atoms with Crippen LogP contribution in [-0.4, -0.2) is 37.5 Å².